The molecule has 0 unspecified atom stereocenters. The first-order chi connectivity index (χ1) is 11.2. The quantitative estimate of drug-likeness (QED) is 0.301. The summed E-state index contributed by atoms with van der Waals surface area (Å²) in [5, 5.41) is 6.41. The molecule has 0 atom stereocenters. The highest BCUT2D eigenvalue weighted by molar-refractivity contribution is 5.79. The Morgan fingerprint density at radius 1 is 1.26 bits per heavy atom. The molecule has 0 saturated heterocycles. The van der Waals surface area contributed by atoms with Gasteiger partial charge in [0.2, 0.25) is 0 Å². The Labute approximate surface area is 139 Å². The lowest BCUT2D eigenvalue weighted by Crippen LogP contribution is -2.37. The minimum atomic E-state index is 0.630. The zero-order valence-electron chi connectivity index (χ0n) is 14.5. The van der Waals surface area contributed by atoms with Gasteiger partial charge in [-0.2, -0.15) is 0 Å². The lowest BCUT2D eigenvalue weighted by molar-refractivity contribution is 0.310. The number of aryl methyl sites for hydroxylation is 1. The van der Waals surface area contributed by atoms with Crippen LogP contribution in [0.1, 0.15) is 25.8 Å². The van der Waals surface area contributed by atoms with Gasteiger partial charge >= 0.3 is 0 Å². The maximum absolute atomic E-state index is 5.61. The van der Waals surface area contributed by atoms with Crippen LogP contribution >= 0.6 is 0 Å². The number of hydrogen-bond acceptors (Lipinski definition) is 3. The predicted molar refractivity (Wildman–Crippen MR) is 96.7 cm³/mol. The largest absolute Gasteiger partial charge is 0.493 e. The maximum Gasteiger partial charge on any atom is 0.191 e. The molecular formula is C18H29N3O2. The molecule has 2 N–H and O–H groups in total. The van der Waals surface area contributed by atoms with Crippen molar-refractivity contribution in [2.24, 2.45) is 4.99 Å². The highest BCUT2D eigenvalue weighted by atomic mass is 16.5. The molecule has 128 valence electrons. The summed E-state index contributed by atoms with van der Waals surface area (Å²) < 4.78 is 10.9. The molecule has 1 rings (SSSR count). The van der Waals surface area contributed by atoms with Gasteiger partial charge in [0.25, 0.3) is 0 Å². The fourth-order valence-electron chi connectivity index (χ4n) is 2.13. The van der Waals surface area contributed by atoms with Gasteiger partial charge in [0.15, 0.2) is 17.5 Å². The smallest absolute Gasteiger partial charge is 0.191 e. The van der Waals surface area contributed by atoms with E-state index >= 15 is 0 Å². The molecule has 0 heterocycles. The van der Waals surface area contributed by atoms with Crippen molar-refractivity contribution >= 4 is 5.96 Å². The Kier molecular flexibility index (Phi) is 9.36. The molecule has 0 aliphatic carbocycles. The third-order valence-corrected chi connectivity index (χ3v) is 3.18. The number of nitrogens with one attached hydrogen (secondary N) is 2. The number of benzene rings is 1. The van der Waals surface area contributed by atoms with Gasteiger partial charge < -0.3 is 20.1 Å². The van der Waals surface area contributed by atoms with Crippen molar-refractivity contribution in [1.82, 2.24) is 10.6 Å². The first-order valence-electron chi connectivity index (χ1n) is 8.17. The first kappa shape index (κ1) is 18.9. The highest BCUT2D eigenvalue weighted by Crippen LogP contribution is 2.28. The summed E-state index contributed by atoms with van der Waals surface area (Å²) in [6.45, 7) is 10.7. The molecule has 5 nitrogen and oxygen atoms in total. The normalized spacial score (nSPS) is 11.0. The SMILES string of the molecule is C=CCNC(=NCCCc1ccc(OC)c(OCC)c1)NCC. The molecule has 1 aromatic rings. The number of nitrogens with zero attached hydrogens (tertiary/aromatic N) is 1. The summed E-state index contributed by atoms with van der Waals surface area (Å²) in [7, 11) is 1.66. The Morgan fingerprint density at radius 3 is 2.74 bits per heavy atom. The number of guanidine groups is 1. The second-order valence-electron chi connectivity index (χ2n) is 4.95. The number of methoxy groups -OCH3 is 1. The van der Waals surface area contributed by atoms with Crippen LogP contribution in [0, 0.1) is 0 Å². The van der Waals surface area contributed by atoms with E-state index in [0.717, 1.165) is 43.4 Å². The molecule has 0 saturated carbocycles. The van der Waals surface area contributed by atoms with Gasteiger partial charge in [0.05, 0.1) is 13.7 Å². The van der Waals surface area contributed by atoms with Gasteiger partial charge in [-0.25, -0.2) is 0 Å². The Hall–Kier alpha value is -2.17. The van der Waals surface area contributed by atoms with Crippen molar-refractivity contribution < 1.29 is 9.47 Å². The molecule has 0 fully saturated rings. The fourth-order valence-corrected chi connectivity index (χ4v) is 2.13. The Bertz CT molecular complexity index is 501. The maximum atomic E-state index is 5.61. The molecule has 0 radical (unpaired) electrons. The summed E-state index contributed by atoms with van der Waals surface area (Å²) in [5.74, 6) is 2.41. The van der Waals surface area contributed by atoms with E-state index in [-0.39, 0.29) is 0 Å². The van der Waals surface area contributed by atoms with Gasteiger partial charge in [-0.1, -0.05) is 12.1 Å². The van der Waals surface area contributed by atoms with Crippen LogP contribution < -0.4 is 20.1 Å². The van der Waals surface area contributed by atoms with Crippen molar-refractivity contribution in [3.8, 4) is 11.5 Å². The van der Waals surface area contributed by atoms with Crippen LogP contribution in [-0.2, 0) is 6.42 Å². The number of rotatable bonds is 10. The molecule has 23 heavy (non-hydrogen) atoms. The van der Waals surface area contributed by atoms with Crippen molar-refractivity contribution in [1.29, 1.82) is 0 Å². The molecule has 0 aliphatic rings. The van der Waals surface area contributed by atoms with Crippen LogP contribution in [0.15, 0.2) is 35.8 Å². The fraction of sp³-hybridized carbons (Fsp3) is 0.500. The van der Waals surface area contributed by atoms with E-state index in [1.54, 1.807) is 7.11 Å². The van der Waals surface area contributed by atoms with Gasteiger partial charge in [-0.05, 0) is 44.4 Å². The molecule has 1 aromatic carbocycles. The van der Waals surface area contributed by atoms with Crippen LogP contribution in [0.3, 0.4) is 0 Å². The van der Waals surface area contributed by atoms with E-state index in [9.17, 15) is 0 Å². The van der Waals surface area contributed by atoms with E-state index in [2.05, 4.69) is 35.2 Å². The topological polar surface area (TPSA) is 54.9 Å². The van der Waals surface area contributed by atoms with Crippen molar-refractivity contribution in [3.05, 3.63) is 36.4 Å². The summed E-state index contributed by atoms with van der Waals surface area (Å²) in [5.41, 5.74) is 1.23. The summed E-state index contributed by atoms with van der Waals surface area (Å²) >= 11 is 0. The summed E-state index contributed by atoms with van der Waals surface area (Å²) in [6.07, 6.45) is 3.75. The predicted octanol–water partition coefficient (Wildman–Crippen LogP) is 2.77. The van der Waals surface area contributed by atoms with E-state index in [1.807, 2.05) is 25.1 Å². The lowest BCUT2D eigenvalue weighted by atomic mass is 10.1. The second kappa shape index (κ2) is 11.4. The Morgan fingerprint density at radius 2 is 2.09 bits per heavy atom. The summed E-state index contributed by atoms with van der Waals surface area (Å²) in [4.78, 5) is 4.55. The van der Waals surface area contributed by atoms with Crippen LogP contribution in [0.25, 0.3) is 0 Å². The van der Waals surface area contributed by atoms with E-state index < -0.39 is 0 Å². The van der Waals surface area contributed by atoms with Crippen molar-refractivity contribution in [3.63, 3.8) is 0 Å². The van der Waals surface area contributed by atoms with Gasteiger partial charge in [0.1, 0.15) is 0 Å². The Balaban J connectivity index is 2.53. The van der Waals surface area contributed by atoms with Crippen LogP contribution in [0.5, 0.6) is 11.5 Å². The van der Waals surface area contributed by atoms with Crippen molar-refractivity contribution in [2.45, 2.75) is 26.7 Å². The third-order valence-electron chi connectivity index (χ3n) is 3.18. The minimum absolute atomic E-state index is 0.630. The second-order valence-corrected chi connectivity index (χ2v) is 4.95. The molecule has 0 amide bonds. The van der Waals surface area contributed by atoms with Crippen LogP contribution in [-0.4, -0.2) is 39.3 Å². The number of ether oxygens (including phenoxy) is 2. The highest BCUT2D eigenvalue weighted by Gasteiger charge is 2.05. The molecular weight excluding hydrogens is 290 g/mol. The minimum Gasteiger partial charge on any atom is -0.493 e. The van der Waals surface area contributed by atoms with E-state index in [1.165, 1.54) is 5.56 Å². The standard InChI is InChI=1S/C18H29N3O2/c1-5-12-20-18(19-6-2)21-13-8-9-15-10-11-16(22-4)17(14-15)23-7-3/h5,10-11,14H,1,6-9,12-13H2,2-4H3,(H2,19,20,21). The van der Waals surface area contributed by atoms with Crippen molar-refractivity contribution in [2.75, 3.05) is 33.4 Å². The van der Waals surface area contributed by atoms with Gasteiger partial charge in [-0.3, -0.25) is 4.99 Å². The average molecular weight is 319 g/mol. The van der Waals surface area contributed by atoms with Gasteiger partial charge in [-0.15, -0.1) is 6.58 Å². The zero-order chi connectivity index (χ0) is 16.9. The molecule has 5 heteroatoms. The molecule has 0 aromatic heterocycles. The molecule has 0 bridgehead atoms. The monoisotopic (exact) mass is 319 g/mol. The number of aliphatic imine (C=N–C) groups is 1. The third kappa shape index (κ3) is 7.08. The first-order valence-corrected chi connectivity index (χ1v) is 8.17. The van der Waals surface area contributed by atoms with E-state index in [0.29, 0.717) is 13.2 Å². The van der Waals surface area contributed by atoms with Gasteiger partial charge in [0, 0.05) is 19.6 Å². The lowest BCUT2D eigenvalue weighted by Gasteiger charge is -2.11. The average Bonchev–Trinajstić information content (AvgIpc) is 2.57. The summed E-state index contributed by atoms with van der Waals surface area (Å²) in [6, 6.07) is 6.08. The molecule has 0 aliphatic heterocycles. The van der Waals surface area contributed by atoms with E-state index in [4.69, 9.17) is 9.47 Å². The number of hydrogen-bond donors (Lipinski definition) is 2. The zero-order valence-corrected chi connectivity index (χ0v) is 14.5. The molecule has 0 spiro atoms. The van der Waals surface area contributed by atoms with Crippen LogP contribution in [0.4, 0.5) is 0 Å². The van der Waals surface area contributed by atoms with Crippen LogP contribution in [0.2, 0.25) is 0 Å².